The molecule has 6 aromatic carbocycles. The number of phenolic OH excluding ortho intramolecular Hbond substituents is 2. The number of thioether (sulfide) groups is 2. The van der Waals surface area contributed by atoms with Crippen LogP contribution in [0.25, 0.3) is 0 Å². The molecule has 0 bridgehead atoms. The van der Waals surface area contributed by atoms with Crippen molar-refractivity contribution in [1.82, 2.24) is 0 Å². The molecule has 2 atom stereocenters. The monoisotopic (exact) mass is 818 g/mol. The molecular weight excluding hydrogens is 757 g/mol. The summed E-state index contributed by atoms with van der Waals surface area (Å²) in [5.74, 6) is 0.761. The fourth-order valence-corrected chi connectivity index (χ4v) is 11.9. The quantitative estimate of drug-likeness (QED) is 0.121. The number of aromatic hydroxyl groups is 2. The summed E-state index contributed by atoms with van der Waals surface area (Å²) in [6.45, 7) is 18.1. The van der Waals surface area contributed by atoms with Gasteiger partial charge in [-0.2, -0.15) is 0 Å². The molecule has 1 saturated carbocycles. The van der Waals surface area contributed by atoms with Gasteiger partial charge in [-0.1, -0.05) is 208 Å². The van der Waals surface area contributed by atoms with Crippen molar-refractivity contribution in [3.8, 4) is 11.5 Å². The molecule has 4 heteroatoms. The molecule has 1 aliphatic rings. The molecule has 2 unspecified atom stereocenters. The minimum absolute atomic E-state index is 0.229. The van der Waals surface area contributed by atoms with E-state index in [2.05, 4.69) is 201 Å². The first-order chi connectivity index (χ1) is 28.1. The largest absolute Gasteiger partial charge is 0.506 e. The average molecular weight is 819 g/mol. The van der Waals surface area contributed by atoms with Crippen molar-refractivity contribution in [3.63, 3.8) is 0 Å². The summed E-state index contributed by atoms with van der Waals surface area (Å²) >= 11 is 3.70. The van der Waals surface area contributed by atoms with E-state index < -0.39 is 10.8 Å². The van der Waals surface area contributed by atoms with Crippen LogP contribution in [0.5, 0.6) is 11.5 Å². The predicted octanol–water partition coefficient (Wildman–Crippen LogP) is 15.0. The minimum Gasteiger partial charge on any atom is -0.506 e. The molecule has 0 heterocycles. The van der Waals surface area contributed by atoms with Crippen molar-refractivity contribution in [2.75, 3.05) is 0 Å². The number of hydrogen-bond donors (Lipinski definition) is 2. The normalized spacial score (nSPS) is 16.7. The zero-order valence-electron chi connectivity index (χ0n) is 36.3. The highest BCUT2D eigenvalue weighted by Crippen LogP contribution is 2.52. The standard InChI is InChI=1S/C55H62O2S2/c1-52(2,38-24-14-9-15-25-38)42-34-44(54(5,6)40-28-18-11-19-29-40)50(56)48(36-42)58-46-32-22-13-23-33-47(46)59-49-37-43(53(3,4)39-26-16-10-17-27-39)35-45(51(49)57)55(7,8)41-30-20-12-21-31-41/h9-12,14-21,24-31,34-37,46-47,56-57H,13,22-23,32-33H2,1-8H3. The molecule has 7 rings (SSSR count). The Kier molecular flexibility index (Phi) is 12.5. The Hall–Kier alpha value is -4.38. The van der Waals surface area contributed by atoms with Gasteiger partial charge in [0.1, 0.15) is 11.5 Å². The fourth-order valence-electron chi connectivity index (χ4n) is 8.97. The van der Waals surface area contributed by atoms with Crippen molar-refractivity contribution in [3.05, 3.63) is 190 Å². The average Bonchev–Trinajstić information content (AvgIpc) is 3.47. The lowest BCUT2D eigenvalue weighted by Crippen LogP contribution is -2.25. The van der Waals surface area contributed by atoms with Gasteiger partial charge in [-0.25, -0.2) is 0 Å². The number of phenols is 2. The summed E-state index contributed by atoms with van der Waals surface area (Å²) < 4.78 is 0. The first-order valence-electron chi connectivity index (χ1n) is 21.4. The van der Waals surface area contributed by atoms with E-state index in [0.29, 0.717) is 11.5 Å². The summed E-state index contributed by atoms with van der Waals surface area (Å²) in [5, 5.41) is 25.4. The van der Waals surface area contributed by atoms with Crippen LogP contribution < -0.4 is 0 Å². The molecule has 59 heavy (non-hydrogen) atoms. The topological polar surface area (TPSA) is 40.5 Å². The smallest absolute Gasteiger partial charge is 0.133 e. The second-order valence-electron chi connectivity index (χ2n) is 18.7. The van der Waals surface area contributed by atoms with E-state index in [-0.39, 0.29) is 21.3 Å². The molecule has 0 aromatic heterocycles. The van der Waals surface area contributed by atoms with Crippen LogP contribution in [-0.2, 0) is 21.7 Å². The van der Waals surface area contributed by atoms with Gasteiger partial charge in [0, 0.05) is 43.3 Å². The summed E-state index contributed by atoms with van der Waals surface area (Å²) in [6, 6.07) is 51.7. The number of hydrogen-bond acceptors (Lipinski definition) is 4. The Balaban J connectivity index is 1.33. The van der Waals surface area contributed by atoms with Crippen molar-refractivity contribution < 1.29 is 10.2 Å². The third-order valence-corrected chi connectivity index (χ3v) is 16.4. The van der Waals surface area contributed by atoms with Crippen LogP contribution in [0.3, 0.4) is 0 Å². The lowest BCUT2D eigenvalue weighted by Gasteiger charge is -2.34. The van der Waals surface area contributed by atoms with Crippen LogP contribution in [0.1, 0.15) is 132 Å². The third kappa shape index (κ3) is 8.77. The van der Waals surface area contributed by atoms with Gasteiger partial charge in [0.25, 0.3) is 0 Å². The van der Waals surface area contributed by atoms with Crippen molar-refractivity contribution in [1.29, 1.82) is 0 Å². The van der Waals surface area contributed by atoms with Crippen molar-refractivity contribution in [2.24, 2.45) is 0 Å². The van der Waals surface area contributed by atoms with Crippen LogP contribution in [0.2, 0.25) is 0 Å². The van der Waals surface area contributed by atoms with E-state index in [1.807, 2.05) is 23.5 Å². The summed E-state index contributed by atoms with van der Waals surface area (Å²) in [6.07, 6.45) is 5.57. The maximum absolute atomic E-state index is 12.5. The highest BCUT2D eigenvalue weighted by atomic mass is 32.2. The molecule has 1 aliphatic carbocycles. The van der Waals surface area contributed by atoms with Gasteiger partial charge >= 0.3 is 0 Å². The Labute approximate surface area is 362 Å². The fraction of sp³-hybridized carbons (Fsp3) is 0.345. The molecule has 1 fully saturated rings. The second kappa shape index (κ2) is 17.3. The predicted molar refractivity (Wildman–Crippen MR) is 253 cm³/mol. The molecule has 2 N–H and O–H groups in total. The Morgan fingerprint density at radius 3 is 0.966 bits per heavy atom. The van der Waals surface area contributed by atoms with Crippen LogP contribution in [0, 0.1) is 0 Å². The Morgan fingerprint density at radius 2 is 0.661 bits per heavy atom. The number of benzene rings is 6. The Bertz CT molecular complexity index is 2160. The lowest BCUT2D eigenvalue weighted by molar-refractivity contribution is 0.437. The first-order valence-corrected chi connectivity index (χ1v) is 23.2. The van der Waals surface area contributed by atoms with E-state index in [1.54, 1.807) is 0 Å². The van der Waals surface area contributed by atoms with E-state index in [9.17, 15) is 10.2 Å². The van der Waals surface area contributed by atoms with Gasteiger partial charge in [-0.15, -0.1) is 23.5 Å². The molecule has 2 nitrogen and oxygen atoms in total. The molecular formula is C55H62O2S2. The van der Waals surface area contributed by atoms with Gasteiger partial charge in [-0.05, 0) is 58.4 Å². The molecule has 0 amide bonds. The van der Waals surface area contributed by atoms with E-state index in [4.69, 9.17) is 0 Å². The highest BCUT2D eigenvalue weighted by Gasteiger charge is 2.36. The zero-order valence-corrected chi connectivity index (χ0v) is 37.9. The van der Waals surface area contributed by atoms with E-state index in [1.165, 1.54) is 39.8 Å². The number of rotatable bonds is 12. The lowest BCUT2D eigenvalue weighted by atomic mass is 9.73. The molecule has 0 aliphatic heterocycles. The summed E-state index contributed by atoms with van der Waals surface area (Å²) in [7, 11) is 0. The first kappa shape index (κ1) is 42.7. The molecule has 0 saturated heterocycles. The molecule has 306 valence electrons. The van der Waals surface area contributed by atoms with Crippen molar-refractivity contribution in [2.45, 2.75) is 129 Å². The Morgan fingerprint density at radius 1 is 0.373 bits per heavy atom. The van der Waals surface area contributed by atoms with Crippen LogP contribution >= 0.6 is 23.5 Å². The van der Waals surface area contributed by atoms with Crippen LogP contribution in [-0.4, -0.2) is 20.7 Å². The van der Waals surface area contributed by atoms with Gasteiger partial charge < -0.3 is 10.2 Å². The van der Waals surface area contributed by atoms with Crippen molar-refractivity contribution >= 4 is 23.5 Å². The highest BCUT2D eigenvalue weighted by molar-refractivity contribution is 8.04. The maximum atomic E-state index is 12.5. The van der Waals surface area contributed by atoms with E-state index >= 15 is 0 Å². The van der Waals surface area contributed by atoms with E-state index in [0.717, 1.165) is 46.6 Å². The SMILES string of the molecule is CC(C)(c1ccccc1)c1cc(SC2CCCCCC2Sc2cc(C(C)(C)c3ccccc3)cc(C(C)(C)c3ccccc3)c2O)c(O)c(C(C)(C)c2ccccc2)c1. The van der Waals surface area contributed by atoms with Crippen LogP contribution in [0.4, 0.5) is 0 Å². The maximum Gasteiger partial charge on any atom is 0.133 e. The van der Waals surface area contributed by atoms with Gasteiger partial charge in [0.05, 0.1) is 9.79 Å². The van der Waals surface area contributed by atoms with Crippen LogP contribution in [0.15, 0.2) is 155 Å². The minimum atomic E-state index is -0.430. The van der Waals surface area contributed by atoms with Gasteiger partial charge in [-0.3, -0.25) is 0 Å². The third-order valence-electron chi connectivity index (χ3n) is 13.4. The molecule has 0 spiro atoms. The summed E-state index contributed by atoms with van der Waals surface area (Å²) in [4.78, 5) is 1.88. The van der Waals surface area contributed by atoms with Gasteiger partial charge in [0.2, 0.25) is 0 Å². The summed E-state index contributed by atoms with van der Waals surface area (Å²) in [5.41, 5.74) is 7.70. The van der Waals surface area contributed by atoms with Gasteiger partial charge in [0.15, 0.2) is 0 Å². The second-order valence-corrected chi connectivity index (χ2v) is 21.2. The molecule has 0 radical (unpaired) electrons. The zero-order chi connectivity index (χ0) is 42.0. The molecule has 6 aromatic rings.